The minimum Gasteiger partial charge on any atom is -0.298 e. The maximum atomic E-state index is 11.5. The molecular weight excluding hydrogens is 244 g/mol. The van der Waals surface area contributed by atoms with E-state index in [-0.39, 0.29) is 5.91 Å². The van der Waals surface area contributed by atoms with E-state index < -0.39 is 0 Å². The quantitative estimate of drug-likeness (QED) is 0.827. The van der Waals surface area contributed by atoms with Crippen molar-refractivity contribution in [1.29, 1.82) is 0 Å². The maximum Gasteiger partial charge on any atom is 0.242 e. The predicted molar refractivity (Wildman–Crippen MR) is 59.2 cm³/mol. The van der Waals surface area contributed by atoms with Gasteiger partial charge in [-0.3, -0.25) is 15.0 Å². The first-order valence-corrected chi connectivity index (χ1v) is 5.25. The van der Waals surface area contributed by atoms with Gasteiger partial charge in [0.25, 0.3) is 0 Å². The third-order valence-corrected chi connectivity index (χ3v) is 2.79. The van der Waals surface area contributed by atoms with E-state index in [0.717, 1.165) is 15.7 Å². The molecular formula is C10H11BrN2O. The van der Waals surface area contributed by atoms with Crippen LogP contribution >= 0.6 is 15.9 Å². The van der Waals surface area contributed by atoms with Crippen LogP contribution in [0.2, 0.25) is 0 Å². The second-order valence-electron chi connectivity index (χ2n) is 3.34. The first-order valence-electron chi connectivity index (χ1n) is 4.46. The lowest BCUT2D eigenvalue weighted by atomic mass is 10.2. The number of halogens is 1. The van der Waals surface area contributed by atoms with Gasteiger partial charge in [0.15, 0.2) is 0 Å². The van der Waals surface area contributed by atoms with E-state index in [4.69, 9.17) is 0 Å². The first kappa shape index (κ1) is 9.68. The molecule has 0 radical (unpaired) electrons. The Balaban J connectivity index is 2.36. The second-order valence-corrected chi connectivity index (χ2v) is 4.25. The highest BCUT2D eigenvalue weighted by molar-refractivity contribution is 9.10. The van der Waals surface area contributed by atoms with Gasteiger partial charge < -0.3 is 0 Å². The normalized spacial score (nSPS) is 16.4. The summed E-state index contributed by atoms with van der Waals surface area (Å²) in [5, 5.41) is 3.03. The molecule has 0 bridgehead atoms. The largest absolute Gasteiger partial charge is 0.298 e. The van der Waals surface area contributed by atoms with Crippen LogP contribution in [-0.2, 0) is 4.79 Å². The number of aryl methyl sites for hydroxylation is 1. The number of nitrogens with zero attached hydrogens (tertiary/aromatic N) is 1. The highest BCUT2D eigenvalue weighted by Crippen LogP contribution is 2.24. The van der Waals surface area contributed by atoms with E-state index in [1.807, 2.05) is 25.1 Å². The molecule has 1 aliphatic heterocycles. The van der Waals surface area contributed by atoms with Crippen molar-refractivity contribution in [1.82, 2.24) is 5.32 Å². The molecule has 1 aromatic rings. The summed E-state index contributed by atoms with van der Waals surface area (Å²) < 4.78 is 1.04. The topological polar surface area (TPSA) is 32.3 Å². The SMILES string of the molecule is Cc1cc(Br)ccc1N1CNCC1=O. The monoisotopic (exact) mass is 254 g/mol. The van der Waals surface area contributed by atoms with E-state index in [2.05, 4.69) is 21.2 Å². The Morgan fingerprint density at radius 2 is 2.29 bits per heavy atom. The van der Waals surface area contributed by atoms with Crippen molar-refractivity contribution in [2.75, 3.05) is 18.1 Å². The van der Waals surface area contributed by atoms with Crippen LogP contribution in [0.3, 0.4) is 0 Å². The number of rotatable bonds is 1. The van der Waals surface area contributed by atoms with Gasteiger partial charge in [-0.15, -0.1) is 0 Å². The molecule has 0 spiro atoms. The molecule has 4 heteroatoms. The van der Waals surface area contributed by atoms with Crippen LogP contribution in [0.25, 0.3) is 0 Å². The van der Waals surface area contributed by atoms with Crippen molar-refractivity contribution in [3.63, 3.8) is 0 Å². The molecule has 0 unspecified atom stereocenters. The zero-order valence-corrected chi connectivity index (χ0v) is 9.47. The molecule has 1 aliphatic rings. The van der Waals surface area contributed by atoms with Gasteiger partial charge >= 0.3 is 0 Å². The summed E-state index contributed by atoms with van der Waals surface area (Å²) in [6.07, 6.45) is 0. The van der Waals surface area contributed by atoms with Gasteiger partial charge in [-0.05, 0) is 30.7 Å². The van der Waals surface area contributed by atoms with Crippen molar-refractivity contribution >= 4 is 27.5 Å². The van der Waals surface area contributed by atoms with E-state index in [0.29, 0.717) is 13.2 Å². The van der Waals surface area contributed by atoms with E-state index in [1.54, 1.807) is 4.90 Å². The van der Waals surface area contributed by atoms with Crippen molar-refractivity contribution in [2.45, 2.75) is 6.92 Å². The average molecular weight is 255 g/mol. The standard InChI is InChI=1S/C10H11BrN2O/c1-7-4-8(11)2-3-9(7)13-6-12-5-10(13)14/h2-4,12H,5-6H2,1H3. The third kappa shape index (κ3) is 1.67. The molecule has 0 atom stereocenters. The molecule has 1 aromatic carbocycles. The Hall–Kier alpha value is -0.870. The molecule has 14 heavy (non-hydrogen) atoms. The van der Waals surface area contributed by atoms with Crippen molar-refractivity contribution < 1.29 is 4.79 Å². The molecule has 0 aliphatic carbocycles. The Kier molecular flexibility index (Phi) is 2.56. The van der Waals surface area contributed by atoms with Crippen LogP contribution in [0.1, 0.15) is 5.56 Å². The molecule has 2 rings (SSSR count). The van der Waals surface area contributed by atoms with Gasteiger partial charge in [-0.1, -0.05) is 15.9 Å². The highest BCUT2D eigenvalue weighted by Gasteiger charge is 2.22. The Labute approximate surface area is 91.2 Å². The smallest absolute Gasteiger partial charge is 0.242 e. The maximum absolute atomic E-state index is 11.5. The van der Waals surface area contributed by atoms with Crippen LogP contribution in [0.5, 0.6) is 0 Å². The van der Waals surface area contributed by atoms with Crippen LogP contribution in [0, 0.1) is 6.92 Å². The zero-order chi connectivity index (χ0) is 10.1. The van der Waals surface area contributed by atoms with Gasteiger partial charge in [-0.25, -0.2) is 0 Å². The summed E-state index contributed by atoms with van der Waals surface area (Å²) in [4.78, 5) is 13.2. The number of benzene rings is 1. The Morgan fingerprint density at radius 3 is 2.86 bits per heavy atom. The zero-order valence-electron chi connectivity index (χ0n) is 7.88. The van der Waals surface area contributed by atoms with Crippen LogP contribution in [0.4, 0.5) is 5.69 Å². The lowest BCUT2D eigenvalue weighted by Gasteiger charge is -2.17. The molecule has 1 amide bonds. The summed E-state index contributed by atoms with van der Waals surface area (Å²) in [6, 6.07) is 5.93. The Morgan fingerprint density at radius 1 is 1.50 bits per heavy atom. The van der Waals surface area contributed by atoms with Crippen LogP contribution in [0.15, 0.2) is 22.7 Å². The number of nitrogens with one attached hydrogen (secondary N) is 1. The molecule has 1 N–H and O–H groups in total. The molecule has 3 nitrogen and oxygen atoms in total. The fourth-order valence-electron chi connectivity index (χ4n) is 1.60. The van der Waals surface area contributed by atoms with Crippen LogP contribution < -0.4 is 10.2 Å². The molecule has 1 heterocycles. The van der Waals surface area contributed by atoms with Gasteiger partial charge in [-0.2, -0.15) is 0 Å². The fraction of sp³-hybridized carbons (Fsp3) is 0.300. The van der Waals surface area contributed by atoms with Crippen molar-refractivity contribution in [3.05, 3.63) is 28.2 Å². The minimum atomic E-state index is 0.135. The lowest BCUT2D eigenvalue weighted by Crippen LogP contribution is -2.26. The number of carbonyl (C=O) groups excluding carboxylic acids is 1. The number of hydrogen-bond donors (Lipinski definition) is 1. The summed E-state index contributed by atoms with van der Waals surface area (Å²) in [5.41, 5.74) is 2.10. The predicted octanol–water partition coefficient (Wildman–Crippen LogP) is 1.65. The Bertz CT molecular complexity index is 378. The first-order chi connectivity index (χ1) is 6.68. The number of carbonyl (C=O) groups is 1. The molecule has 74 valence electrons. The van der Waals surface area contributed by atoms with Crippen LogP contribution in [-0.4, -0.2) is 19.1 Å². The molecule has 1 fully saturated rings. The van der Waals surface area contributed by atoms with Crippen molar-refractivity contribution in [3.8, 4) is 0 Å². The van der Waals surface area contributed by atoms with E-state index in [9.17, 15) is 4.79 Å². The fourth-order valence-corrected chi connectivity index (χ4v) is 2.08. The van der Waals surface area contributed by atoms with Gasteiger partial charge in [0, 0.05) is 10.2 Å². The summed E-state index contributed by atoms with van der Waals surface area (Å²) in [6.45, 7) is 3.06. The summed E-state index contributed by atoms with van der Waals surface area (Å²) >= 11 is 3.40. The third-order valence-electron chi connectivity index (χ3n) is 2.30. The average Bonchev–Trinajstić information content (AvgIpc) is 2.52. The van der Waals surface area contributed by atoms with Gasteiger partial charge in [0.05, 0.1) is 13.2 Å². The number of amides is 1. The summed E-state index contributed by atoms with van der Waals surface area (Å²) in [5.74, 6) is 0.135. The number of hydrogen-bond acceptors (Lipinski definition) is 2. The van der Waals surface area contributed by atoms with Gasteiger partial charge in [0.2, 0.25) is 5.91 Å². The minimum absolute atomic E-state index is 0.135. The number of anilines is 1. The molecule has 1 saturated heterocycles. The highest BCUT2D eigenvalue weighted by atomic mass is 79.9. The van der Waals surface area contributed by atoms with Crippen molar-refractivity contribution in [2.24, 2.45) is 0 Å². The molecule has 0 saturated carbocycles. The van der Waals surface area contributed by atoms with E-state index in [1.165, 1.54) is 0 Å². The second kappa shape index (κ2) is 3.71. The summed E-state index contributed by atoms with van der Waals surface area (Å²) in [7, 11) is 0. The van der Waals surface area contributed by atoms with Gasteiger partial charge in [0.1, 0.15) is 0 Å². The lowest BCUT2D eigenvalue weighted by molar-refractivity contribution is -0.116. The van der Waals surface area contributed by atoms with E-state index >= 15 is 0 Å². The molecule has 0 aromatic heterocycles.